The molecule has 0 aliphatic heterocycles. The molecule has 2 aromatic carbocycles. The maximum atomic E-state index is 14.2. The number of benzene rings is 2. The average molecular weight is 554 g/mol. The fraction of sp³-hybridized carbons (Fsp3) is 0.250. The van der Waals surface area contributed by atoms with E-state index in [0.29, 0.717) is 0 Å². The molecule has 0 fully saturated rings. The van der Waals surface area contributed by atoms with Crippen molar-refractivity contribution in [1.29, 1.82) is 0 Å². The molecule has 18 heteroatoms. The van der Waals surface area contributed by atoms with E-state index >= 15 is 0 Å². The molecule has 190 valence electrons. The van der Waals surface area contributed by atoms with E-state index in [9.17, 15) is 69.5 Å². The lowest BCUT2D eigenvalue weighted by Gasteiger charge is -2.35. The largest absolute Gasteiger partial charge is 0.418 e. The van der Waals surface area contributed by atoms with Gasteiger partial charge in [-0.15, -0.1) is 0 Å². The molecule has 4 nitrogen and oxygen atoms in total. The summed E-state index contributed by atoms with van der Waals surface area (Å²) >= 11 is 0. The first-order valence-corrected chi connectivity index (χ1v) is 10.9. The summed E-state index contributed by atoms with van der Waals surface area (Å²) in [4.78, 5) is -5.05. The smallest absolute Gasteiger partial charge is 0.217 e. The zero-order valence-corrected chi connectivity index (χ0v) is 17.1. The summed E-state index contributed by atoms with van der Waals surface area (Å²) in [6, 6.07) is -1.89. The number of rotatable bonds is 7. The summed E-state index contributed by atoms with van der Waals surface area (Å²) in [5.74, 6) is -23.9. The maximum Gasteiger partial charge on any atom is 0.418 e. The monoisotopic (exact) mass is 554 g/mol. The maximum absolute atomic E-state index is 14.2. The highest BCUT2D eigenvalue weighted by molar-refractivity contribution is 7.93. The van der Waals surface area contributed by atoms with Gasteiger partial charge in [0, 0.05) is 12.1 Å². The molecule has 2 aromatic rings. The summed E-state index contributed by atoms with van der Waals surface area (Å²) in [5.41, 5.74) is 0. The fourth-order valence-electron chi connectivity index (χ4n) is 2.37. The standard InChI is InChI=1S/C16H6F12O4S2/c17-7-1-3-11(9(19)5-7)33(29,30)15(25,26)13(21,22)14(23,24)16(27,28)34(31,32)12-4-2-8(18)6-10(12)20/h1-6H. The van der Waals surface area contributed by atoms with Gasteiger partial charge in [-0.1, -0.05) is 0 Å². The fourth-order valence-corrected chi connectivity index (χ4v) is 4.97. The molecule has 0 radical (unpaired) electrons. The van der Waals surface area contributed by atoms with Crippen molar-refractivity contribution in [2.75, 3.05) is 0 Å². The van der Waals surface area contributed by atoms with Gasteiger partial charge in [0.1, 0.15) is 33.1 Å². The van der Waals surface area contributed by atoms with Crippen molar-refractivity contribution >= 4 is 19.7 Å². The van der Waals surface area contributed by atoms with Crippen LogP contribution in [0.1, 0.15) is 0 Å². The predicted molar refractivity (Wildman–Crippen MR) is 86.9 cm³/mol. The van der Waals surface area contributed by atoms with Crippen LogP contribution in [0.15, 0.2) is 46.2 Å². The van der Waals surface area contributed by atoms with E-state index in [-0.39, 0.29) is 12.1 Å². The number of alkyl halides is 8. The molecule has 0 unspecified atom stereocenters. The Kier molecular flexibility index (Phi) is 6.55. The second-order valence-electron chi connectivity index (χ2n) is 6.34. The Bertz CT molecular complexity index is 1230. The molecule has 0 aliphatic carbocycles. The summed E-state index contributed by atoms with van der Waals surface area (Å²) in [6.07, 6.45) is 0. The van der Waals surface area contributed by atoms with Crippen molar-refractivity contribution in [3.05, 3.63) is 59.7 Å². The Morgan fingerprint density at radius 2 is 0.765 bits per heavy atom. The lowest BCUT2D eigenvalue weighted by molar-refractivity contribution is -0.325. The molecule has 0 saturated heterocycles. The van der Waals surface area contributed by atoms with Crippen LogP contribution in [0, 0.1) is 23.3 Å². The van der Waals surface area contributed by atoms with Crippen molar-refractivity contribution in [3.63, 3.8) is 0 Å². The van der Waals surface area contributed by atoms with E-state index in [1.807, 2.05) is 0 Å². The van der Waals surface area contributed by atoms with Crippen LogP contribution in [-0.2, 0) is 19.7 Å². The van der Waals surface area contributed by atoms with E-state index in [2.05, 4.69) is 0 Å². The van der Waals surface area contributed by atoms with Gasteiger partial charge in [0.2, 0.25) is 0 Å². The van der Waals surface area contributed by atoms with Gasteiger partial charge in [-0.3, -0.25) is 0 Å². The van der Waals surface area contributed by atoms with Gasteiger partial charge in [-0.05, 0) is 24.3 Å². The molecule has 0 saturated carbocycles. The quantitative estimate of drug-likeness (QED) is 0.359. The topological polar surface area (TPSA) is 68.3 Å². The molecular weight excluding hydrogens is 548 g/mol. The molecule has 34 heavy (non-hydrogen) atoms. The lowest BCUT2D eigenvalue weighted by atomic mass is 10.2. The molecular formula is C16H6F12O4S2. The summed E-state index contributed by atoms with van der Waals surface area (Å²) in [6.45, 7) is 0. The Morgan fingerprint density at radius 1 is 0.500 bits per heavy atom. The normalized spacial score (nSPS) is 14.4. The van der Waals surface area contributed by atoms with E-state index < -0.39 is 99.4 Å². The third kappa shape index (κ3) is 3.70. The lowest BCUT2D eigenvalue weighted by Crippen LogP contribution is -2.66. The van der Waals surface area contributed by atoms with E-state index in [0.717, 1.165) is 0 Å². The molecule has 0 aliphatic rings. The minimum Gasteiger partial charge on any atom is -0.217 e. The first kappa shape index (κ1) is 27.7. The molecule has 0 bridgehead atoms. The van der Waals surface area contributed by atoms with Crippen LogP contribution in [0.3, 0.4) is 0 Å². The number of sulfone groups is 2. The third-order valence-corrected chi connectivity index (χ3v) is 7.85. The van der Waals surface area contributed by atoms with Gasteiger partial charge in [-0.25, -0.2) is 34.4 Å². The van der Waals surface area contributed by atoms with Crippen LogP contribution in [0.25, 0.3) is 0 Å². The molecule has 0 N–H and O–H groups in total. The Morgan fingerprint density at radius 3 is 1.00 bits per heavy atom. The average Bonchev–Trinajstić information content (AvgIpc) is 2.66. The second-order valence-corrected chi connectivity index (χ2v) is 10.3. The summed E-state index contributed by atoms with van der Waals surface area (Å²) in [5, 5.41) is -14.7. The van der Waals surface area contributed by atoms with Crippen molar-refractivity contribution in [3.8, 4) is 0 Å². The van der Waals surface area contributed by atoms with Crippen molar-refractivity contribution in [2.45, 2.75) is 32.1 Å². The van der Waals surface area contributed by atoms with Crippen LogP contribution in [-0.4, -0.2) is 39.2 Å². The highest BCUT2D eigenvalue weighted by Crippen LogP contribution is 2.57. The molecule has 2 rings (SSSR count). The van der Waals surface area contributed by atoms with Gasteiger partial charge < -0.3 is 0 Å². The molecule has 0 heterocycles. The van der Waals surface area contributed by atoms with Crippen molar-refractivity contribution in [1.82, 2.24) is 0 Å². The highest BCUT2D eigenvalue weighted by atomic mass is 32.2. The third-order valence-electron chi connectivity index (χ3n) is 4.17. The van der Waals surface area contributed by atoms with E-state index in [1.54, 1.807) is 0 Å². The summed E-state index contributed by atoms with van der Waals surface area (Å²) in [7, 11) is -14.7. The zero-order chi connectivity index (χ0) is 26.7. The van der Waals surface area contributed by atoms with Crippen LogP contribution >= 0.6 is 0 Å². The van der Waals surface area contributed by atoms with Crippen LogP contribution < -0.4 is 0 Å². The Labute approximate surface area is 181 Å². The van der Waals surface area contributed by atoms with Gasteiger partial charge in [0.05, 0.1) is 0 Å². The zero-order valence-electron chi connectivity index (χ0n) is 15.4. The molecule has 0 atom stereocenters. The molecule has 0 amide bonds. The Hall–Kier alpha value is -2.50. The van der Waals surface area contributed by atoms with E-state index in [4.69, 9.17) is 0 Å². The van der Waals surface area contributed by atoms with Gasteiger partial charge in [0.25, 0.3) is 19.7 Å². The van der Waals surface area contributed by atoms with E-state index in [1.165, 1.54) is 0 Å². The molecule has 0 spiro atoms. The minimum absolute atomic E-state index is 0.0846. The van der Waals surface area contributed by atoms with Gasteiger partial charge in [0.15, 0.2) is 0 Å². The predicted octanol–water partition coefficient (Wildman–Crippen LogP) is 4.95. The molecule has 0 aromatic heterocycles. The van der Waals surface area contributed by atoms with Crippen LogP contribution in [0.5, 0.6) is 0 Å². The first-order valence-electron chi connectivity index (χ1n) is 7.98. The summed E-state index contributed by atoms with van der Waals surface area (Å²) < 4.78 is 213. The second kappa shape index (κ2) is 8.03. The van der Waals surface area contributed by atoms with Gasteiger partial charge in [-0.2, -0.15) is 35.1 Å². The highest BCUT2D eigenvalue weighted by Gasteiger charge is 2.87. The number of hydrogen-bond donors (Lipinski definition) is 0. The van der Waals surface area contributed by atoms with Crippen LogP contribution in [0.2, 0.25) is 0 Å². The Balaban J connectivity index is 2.73. The van der Waals surface area contributed by atoms with Crippen molar-refractivity contribution < 1.29 is 69.5 Å². The first-order chi connectivity index (χ1) is 15.1. The van der Waals surface area contributed by atoms with Crippen molar-refractivity contribution in [2.24, 2.45) is 0 Å². The van der Waals surface area contributed by atoms with Gasteiger partial charge >= 0.3 is 22.4 Å². The number of halogens is 12. The number of hydrogen-bond acceptors (Lipinski definition) is 4. The minimum atomic E-state index is -7.81. The van der Waals surface area contributed by atoms with Crippen LogP contribution in [0.4, 0.5) is 52.7 Å². The SMILES string of the molecule is O=S(=O)(c1ccc(F)cc1F)C(F)(F)C(F)(F)C(F)(F)C(F)(F)S(=O)(=O)c1ccc(F)cc1F.